The maximum absolute atomic E-state index is 13.0. The molecule has 82 heavy (non-hydrogen) atoms. The minimum absolute atomic E-state index is 0.0707. The van der Waals surface area contributed by atoms with Gasteiger partial charge in [-0.2, -0.15) is 0 Å². The van der Waals surface area contributed by atoms with Gasteiger partial charge in [0.15, 0.2) is 6.10 Å². The van der Waals surface area contributed by atoms with Crippen molar-refractivity contribution in [3.8, 4) is 0 Å². The highest BCUT2D eigenvalue weighted by molar-refractivity contribution is 5.71. The largest absolute Gasteiger partial charge is 0.462 e. The van der Waals surface area contributed by atoms with Gasteiger partial charge in [-0.25, -0.2) is 0 Å². The molecule has 1 unspecified atom stereocenters. The second-order valence-corrected chi connectivity index (χ2v) is 25.2. The predicted octanol–water partition coefficient (Wildman–Crippen LogP) is 25.5. The third-order valence-corrected chi connectivity index (χ3v) is 16.9. The SMILES string of the molecule is CCCCC/C=C\C/C=C\CCCCCCCC(=O)OCC(COC(=O)CCCCCCCCCCCCCCCCCCCCC/C=C\CCCCCCCCCC)OC(=O)CCCCCCCCCCCCCCCCCCCC. The molecule has 6 nitrogen and oxygen atoms in total. The van der Waals surface area contributed by atoms with Crippen LogP contribution in [0.1, 0.15) is 412 Å². The molecule has 0 aromatic rings. The van der Waals surface area contributed by atoms with E-state index in [4.69, 9.17) is 14.2 Å². The van der Waals surface area contributed by atoms with Crippen molar-refractivity contribution in [3.63, 3.8) is 0 Å². The summed E-state index contributed by atoms with van der Waals surface area (Å²) in [6.07, 6.45) is 89.1. The van der Waals surface area contributed by atoms with Gasteiger partial charge in [0.25, 0.3) is 0 Å². The lowest BCUT2D eigenvalue weighted by Gasteiger charge is -2.18. The van der Waals surface area contributed by atoms with Crippen LogP contribution in [0.25, 0.3) is 0 Å². The van der Waals surface area contributed by atoms with Crippen molar-refractivity contribution in [1.82, 2.24) is 0 Å². The van der Waals surface area contributed by atoms with Crippen molar-refractivity contribution in [1.29, 1.82) is 0 Å². The molecule has 482 valence electrons. The quantitative estimate of drug-likeness (QED) is 0.0261. The molecule has 0 aromatic heterocycles. The normalized spacial score (nSPS) is 12.2. The third-order valence-electron chi connectivity index (χ3n) is 16.9. The van der Waals surface area contributed by atoms with Crippen molar-refractivity contribution in [2.75, 3.05) is 13.2 Å². The minimum atomic E-state index is -0.776. The lowest BCUT2D eigenvalue weighted by molar-refractivity contribution is -0.167. The molecule has 0 radical (unpaired) electrons. The van der Waals surface area contributed by atoms with Crippen LogP contribution < -0.4 is 0 Å². The van der Waals surface area contributed by atoms with E-state index in [0.29, 0.717) is 19.3 Å². The molecule has 0 aliphatic heterocycles. The molecule has 0 aromatic carbocycles. The van der Waals surface area contributed by atoms with Crippen LogP contribution in [0.4, 0.5) is 0 Å². The molecular formula is C76H142O6. The third kappa shape index (κ3) is 68.4. The van der Waals surface area contributed by atoms with Crippen molar-refractivity contribution in [2.24, 2.45) is 0 Å². The Morgan fingerprint density at radius 2 is 0.439 bits per heavy atom. The van der Waals surface area contributed by atoms with Gasteiger partial charge in [-0.05, 0) is 77.0 Å². The van der Waals surface area contributed by atoms with Crippen molar-refractivity contribution >= 4 is 17.9 Å². The Morgan fingerprint density at radius 3 is 0.707 bits per heavy atom. The molecule has 6 heteroatoms. The number of esters is 3. The summed E-state index contributed by atoms with van der Waals surface area (Å²) in [5.74, 6) is -0.853. The summed E-state index contributed by atoms with van der Waals surface area (Å²) in [4.78, 5) is 38.5. The van der Waals surface area contributed by atoms with Crippen LogP contribution >= 0.6 is 0 Å². The van der Waals surface area contributed by atoms with Crippen molar-refractivity contribution < 1.29 is 28.6 Å². The summed E-state index contributed by atoms with van der Waals surface area (Å²) in [7, 11) is 0. The molecule has 0 bridgehead atoms. The van der Waals surface area contributed by atoms with E-state index in [0.717, 1.165) is 77.0 Å². The van der Waals surface area contributed by atoms with Gasteiger partial charge < -0.3 is 14.2 Å². The first kappa shape index (κ1) is 79.6. The van der Waals surface area contributed by atoms with Crippen LogP contribution in [0.3, 0.4) is 0 Å². The monoisotopic (exact) mass is 1150 g/mol. The molecule has 0 rings (SSSR count). The van der Waals surface area contributed by atoms with E-state index in [1.54, 1.807) is 0 Å². The van der Waals surface area contributed by atoms with Gasteiger partial charge in [-0.3, -0.25) is 14.4 Å². The van der Waals surface area contributed by atoms with Gasteiger partial charge in [0.1, 0.15) is 13.2 Å². The molecular weight excluding hydrogens is 1010 g/mol. The number of carbonyl (C=O) groups excluding carboxylic acids is 3. The van der Waals surface area contributed by atoms with Crippen LogP contribution in [0, 0.1) is 0 Å². The number of hydrogen-bond acceptors (Lipinski definition) is 6. The standard InChI is InChI=1S/C76H142O6/c1-4-7-10-13-16-19-22-25-28-30-32-33-34-35-36-37-38-39-40-41-42-43-44-46-48-51-54-57-60-63-66-69-75(78)81-72-73(71-80-74(77)68-65-62-59-56-53-50-47-27-24-21-18-15-12-9-6-3)82-76(79)70-67-64-61-58-55-52-49-45-31-29-26-23-20-17-14-11-8-5-2/h18,21,27,30,32,47,73H,4-17,19-20,22-26,28-29,31,33-46,48-72H2,1-3H3/b21-18-,32-30-,47-27-. The number of rotatable bonds is 69. The molecule has 0 spiro atoms. The molecule has 0 saturated carbocycles. The summed E-state index contributed by atoms with van der Waals surface area (Å²) in [5.41, 5.74) is 0. The van der Waals surface area contributed by atoms with Crippen LogP contribution in [0.15, 0.2) is 36.5 Å². The highest BCUT2D eigenvalue weighted by Crippen LogP contribution is 2.19. The van der Waals surface area contributed by atoms with Gasteiger partial charge in [-0.15, -0.1) is 0 Å². The Bertz CT molecular complexity index is 1370. The number of ether oxygens (including phenoxy) is 3. The Hall–Kier alpha value is -2.37. The summed E-state index contributed by atoms with van der Waals surface area (Å²) < 4.78 is 17.0. The molecule has 1 atom stereocenters. The molecule has 0 N–H and O–H groups in total. The fourth-order valence-electron chi connectivity index (χ4n) is 11.3. The summed E-state index contributed by atoms with van der Waals surface area (Å²) in [5, 5.41) is 0. The molecule has 0 saturated heterocycles. The number of allylic oxidation sites excluding steroid dienone is 6. The molecule has 0 fully saturated rings. The molecule has 0 heterocycles. The average Bonchev–Trinajstić information content (AvgIpc) is 3.47. The highest BCUT2D eigenvalue weighted by Gasteiger charge is 2.19. The first-order chi connectivity index (χ1) is 40.5. The van der Waals surface area contributed by atoms with Gasteiger partial charge in [0, 0.05) is 19.3 Å². The first-order valence-corrected chi connectivity index (χ1v) is 37.0. The fraction of sp³-hybridized carbons (Fsp3) is 0.882. The van der Waals surface area contributed by atoms with E-state index in [9.17, 15) is 14.4 Å². The van der Waals surface area contributed by atoms with E-state index in [1.165, 1.54) is 295 Å². The zero-order chi connectivity index (χ0) is 59.2. The average molecular weight is 1150 g/mol. The van der Waals surface area contributed by atoms with Crippen molar-refractivity contribution in [3.05, 3.63) is 36.5 Å². The van der Waals surface area contributed by atoms with Crippen LogP contribution in [0.2, 0.25) is 0 Å². The minimum Gasteiger partial charge on any atom is -0.462 e. The second kappa shape index (κ2) is 71.1. The zero-order valence-electron chi connectivity index (χ0n) is 55.5. The highest BCUT2D eigenvalue weighted by atomic mass is 16.6. The lowest BCUT2D eigenvalue weighted by atomic mass is 10.0. The van der Waals surface area contributed by atoms with Gasteiger partial charge in [0.2, 0.25) is 0 Å². The lowest BCUT2D eigenvalue weighted by Crippen LogP contribution is -2.30. The van der Waals surface area contributed by atoms with E-state index in [-0.39, 0.29) is 31.1 Å². The Morgan fingerprint density at radius 1 is 0.244 bits per heavy atom. The van der Waals surface area contributed by atoms with Gasteiger partial charge in [-0.1, -0.05) is 353 Å². The maximum Gasteiger partial charge on any atom is 0.306 e. The fourth-order valence-corrected chi connectivity index (χ4v) is 11.3. The van der Waals surface area contributed by atoms with Crippen LogP contribution in [-0.4, -0.2) is 37.2 Å². The van der Waals surface area contributed by atoms with E-state index in [1.807, 2.05) is 0 Å². The van der Waals surface area contributed by atoms with Crippen LogP contribution in [0.5, 0.6) is 0 Å². The summed E-state index contributed by atoms with van der Waals surface area (Å²) >= 11 is 0. The van der Waals surface area contributed by atoms with E-state index >= 15 is 0 Å². The van der Waals surface area contributed by atoms with Crippen LogP contribution in [-0.2, 0) is 28.6 Å². The Labute approximate surface area is 512 Å². The summed E-state index contributed by atoms with van der Waals surface area (Å²) in [6, 6.07) is 0. The van der Waals surface area contributed by atoms with Crippen molar-refractivity contribution in [2.45, 2.75) is 419 Å². The molecule has 0 aliphatic carbocycles. The van der Waals surface area contributed by atoms with E-state index in [2.05, 4.69) is 57.2 Å². The zero-order valence-corrected chi connectivity index (χ0v) is 55.5. The number of unbranched alkanes of at least 4 members (excludes halogenated alkanes) is 52. The number of carbonyl (C=O) groups is 3. The maximum atomic E-state index is 13.0. The van der Waals surface area contributed by atoms with E-state index < -0.39 is 6.10 Å². The Balaban J connectivity index is 4.17. The second-order valence-electron chi connectivity index (χ2n) is 25.2. The molecule has 0 aliphatic rings. The summed E-state index contributed by atoms with van der Waals surface area (Å²) in [6.45, 7) is 6.68. The Kier molecular flexibility index (Phi) is 69.1. The predicted molar refractivity (Wildman–Crippen MR) is 358 cm³/mol. The number of hydrogen-bond donors (Lipinski definition) is 0. The smallest absolute Gasteiger partial charge is 0.306 e. The first-order valence-electron chi connectivity index (χ1n) is 37.0. The topological polar surface area (TPSA) is 78.9 Å². The van der Waals surface area contributed by atoms with Gasteiger partial charge in [0.05, 0.1) is 0 Å². The molecule has 0 amide bonds. The van der Waals surface area contributed by atoms with Gasteiger partial charge >= 0.3 is 17.9 Å².